The SMILES string of the molecule is Cc1ccc(N(c2ccc(C)cc2)c2ccc(-c3ccc(-c4ccc(N(c5ccccc5)c5ccc(-c6ccc(N(c7ccc(C)cc7)c7ccc(C)cc7)cc6)cc5)cc4)cc3)cc2)cc1. The van der Waals surface area contributed by atoms with Crippen molar-refractivity contribution < 1.29 is 0 Å². The van der Waals surface area contributed by atoms with Crippen LogP contribution in [0.15, 0.2) is 249 Å². The predicted octanol–water partition coefficient (Wildman–Crippen LogP) is 18.3. The van der Waals surface area contributed by atoms with Crippen molar-refractivity contribution in [3.63, 3.8) is 0 Å². The van der Waals surface area contributed by atoms with Crippen molar-refractivity contribution in [1.82, 2.24) is 0 Å². The lowest BCUT2D eigenvalue weighted by Gasteiger charge is -2.26. The first-order chi connectivity index (χ1) is 32.8. The third-order valence-corrected chi connectivity index (χ3v) is 12.6. The molecule has 0 saturated carbocycles. The van der Waals surface area contributed by atoms with Crippen LogP contribution in [0, 0.1) is 27.7 Å². The molecule has 10 aromatic carbocycles. The molecule has 67 heavy (non-hydrogen) atoms. The van der Waals surface area contributed by atoms with E-state index in [-0.39, 0.29) is 0 Å². The normalized spacial score (nSPS) is 11.0. The van der Waals surface area contributed by atoms with Crippen LogP contribution in [-0.2, 0) is 0 Å². The fourth-order valence-corrected chi connectivity index (χ4v) is 8.76. The maximum Gasteiger partial charge on any atom is 0.0462 e. The Kier molecular flexibility index (Phi) is 12.1. The summed E-state index contributed by atoms with van der Waals surface area (Å²) in [6.07, 6.45) is 0. The number of hydrogen-bond acceptors (Lipinski definition) is 3. The van der Waals surface area contributed by atoms with Crippen LogP contribution in [0.2, 0.25) is 0 Å². The molecule has 0 unspecified atom stereocenters. The smallest absolute Gasteiger partial charge is 0.0462 e. The number of hydrogen-bond donors (Lipinski definition) is 0. The lowest BCUT2D eigenvalue weighted by Crippen LogP contribution is -2.10. The van der Waals surface area contributed by atoms with Crippen molar-refractivity contribution in [2.45, 2.75) is 27.7 Å². The number of aryl methyl sites for hydroxylation is 4. The second-order valence-electron chi connectivity index (χ2n) is 17.4. The number of anilines is 9. The van der Waals surface area contributed by atoms with E-state index in [1.54, 1.807) is 0 Å². The van der Waals surface area contributed by atoms with E-state index >= 15 is 0 Å². The number of rotatable bonds is 12. The van der Waals surface area contributed by atoms with Gasteiger partial charge in [-0.15, -0.1) is 0 Å². The van der Waals surface area contributed by atoms with Gasteiger partial charge in [0.15, 0.2) is 0 Å². The van der Waals surface area contributed by atoms with Crippen LogP contribution in [0.5, 0.6) is 0 Å². The Labute approximate surface area is 396 Å². The average molecular weight is 864 g/mol. The molecule has 0 atom stereocenters. The van der Waals surface area contributed by atoms with Crippen molar-refractivity contribution >= 4 is 51.2 Å². The quantitative estimate of drug-likeness (QED) is 0.121. The summed E-state index contributed by atoms with van der Waals surface area (Å²) in [5, 5.41) is 0. The highest BCUT2D eigenvalue weighted by Crippen LogP contribution is 2.40. The van der Waals surface area contributed by atoms with Crippen LogP contribution in [0.4, 0.5) is 51.2 Å². The Morgan fingerprint density at radius 1 is 0.164 bits per heavy atom. The minimum Gasteiger partial charge on any atom is -0.311 e. The second kappa shape index (κ2) is 19.0. The molecule has 0 radical (unpaired) electrons. The lowest BCUT2D eigenvalue weighted by molar-refractivity contribution is 1.27. The Balaban J connectivity index is 0.868. The highest BCUT2D eigenvalue weighted by atomic mass is 15.2. The zero-order chi connectivity index (χ0) is 45.7. The Morgan fingerprint density at radius 3 is 0.507 bits per heavy atom. The Morgan fingerprint density at radius 2 is 0.313 bits per heavy atom. The molecule has 0 aromatic heterocycles. The van der Waals surface area contributed by atoms with Crippen LogP contribution < -0.4 is 14.7 Å². The minimum atomic E-state index is 1.10. The molecule has 324 valence electrons. The third-order valence-electron chi connectivity index (χ3n) is 12.6. The molecule has 0 aliphatic rings. The molecule has 3 nitrogen and oxygen atoms in total. The van der Waals surface area contributed by atoms with Gasteiger partial charge in [0.25, 0.3) is 0 Å². The van der Waals surface area contributed by atoms with Crippen LogP contribution in [0.3, 0.4) is 0 Å². The van der Waals surface area contributed by atoms with Gasteiger partial charge < -0.3 is 14.7 Å². The zero-order valence-electron chi connectivity index (χ0n) is 38.5. The lowest BCUT2D eigenvalue weighted by atomic mass is 9.99. The predicted molar refractivity (Wildman–Crippen MR) is 286 cm³/mol. The maximum absolute atomic E-state index is 2.32. The van der Waals surface area contributed by atoms with Crippen LogP contribution in [0.25, 0.3) is 33.4 Å². The van der Waals surface area contributed by atoms with E-state index in [0.717, 1.165) is 51.2 Å². The van der Waals surface area contributed by atoms with Gasteiger partial charge in [-0.3, -0.25) is 0 Å². The molecule has 0 aliphatic carbocycles. The fraction of sp³-hybridized carbons (Fsp3) is 0.0625. The van der Waals surface area contributed by atoms with Gasteiger partial charge in [-0.05, 0) is 170 Å². The molecule has 0 N–H and O–H groups in total. The van der Waals surface area contributed by atoms with E-state index in [2.05, 4.69) is 291 Å². The fourth-order valence-electron chi connectivity index (χ4n) is 8.76. The van der Waals surface area contributed by atoms with Crippen molar-refractivity contribution in [1.29, 1.82) is 0 Å². The summed E-state index contributed by atoms with van der Waals surface area (Å²) in [6.45, 7) is 8.52. The third kappa shape index (κ3) is 9.40. The largest absolute Gasteiger partial charge is 0.311 e. The molecule has 0 aliphatic heterocycles. The molecule has 0 heterocycles. The Hall–Kier alpha value is -8.40. The van der Waals surface area contributed by atoms with Crippen LogP contribution in [0.1, 0.15) is 22.3 Å². The van der Waals surface area contributed by atoms with Gasteiger partial charge >= 0.3 is 0 Å². The summed E-state index contributed by atoms with van der Waals surface area (Å²) in [5.41, 5.74) is 22.1. The molecule has 0 amide bonds. The highest BCUT2D eigenvalue weighted by Gasteiger charge is 2.16. The average Bonchev–Trinajstić information content (AvgIpc) is 3.38. The van der Waals surface area contributed by atoms with Gasteiger partial charge in [-0.1, -0.05) is 162 Å². The van der Waals surface area contributed by atoms with Gasteiger partial charge in [-0.25, -0.2) is 0 Å². The summed E-state index contributed by atoms with van der Waals surface area (Å²) < 4.78 is 0. The molecule has 0 spiro atoms. The first-order valence-electron chi connectivity index (χ1n) is 23.1. The summed E-state index contributed by atoms with van der Waals surface area (Å²) in [6, 6.07) is 90.1. The Bertz CT molecular complexity index is 3090. The minimum absolute atomic E-state index is 1.10. The summed E-state index contributed by atoms with van der Waals surface area (Å²) in [5.74, 6) is 0. The van der Waals surface area contributed by atoms with E-state index in [1.165, 1.54) is 55.6 Å². The van der Waals surface area contributed by atoms with E-state index in [0.29, 0.717) is 0 Å². The van der Waals surface area contributed by atoms with E-state index in [9.17, 15) is 0 Å². The van der Waals surface area contributed by atoms with Gasteiger partial charge in [0, 0.05) is 51.2 Å². The van der Waals surface area contributed by atoms with E-state index in [1.807, 2.05) is 0 Å². The van der Waals surface area contributed by atoms with Crippen LogP contribution in [-0.4, -0.2) is 0 Å². The topological polar surface area (TPSA) is 9.72 Å². The standard InChI is InChI=1S/C64H53N3/c1-46-10-30-57(31-11-46)66(58-32-12-47(2)13-33-58)63-42-24-53(25-43-63)51-20-18-50(19-21-51)52-22-38-61(39-23-52)65(56-8-6-5-7-9-56)62-40-26-54(27-41-62)55-28-44-64(45-29-55)67(59-34-14-48(3)15-35-59)60-36-16-49(4)17-37-60/h5-45H,1-4H3. The molecule has 10 rings (SSSR count). The first kappa shape index (κ1) is 42.5. The monoisotopic (exact) mass is 863 g/mol. The van der Waals surface area contributed by atoms with Gasteiger partial charge in [0.05, 0.1) is 0 Å². The summed E-state index contributed by atoms with van der Waals surface area (Å²) in [4.78, 5) is 6.96. The summed E-state index contributed by atoms with van der Waals surface area (Å²) >= 11 is 0. The number of para-hydroxylation sites is 1. The second-order valence-corrected chi connectivity index (χ2v) is 17.4. The van der Waals surface area contributed by atoms with Gasteiger partial charge in [0.1, 0.15) is 0 Å². The van der Waals surface area contributed by atoms with Crippen molar-refractivity contribution in [2.75, 3.05) is 14.7 Å². The van der Waals surface area contributed by atoms with Crippen molar-refractivity contribution in [2.24, 2.45) is 0 Å². The maximum atomic E-state index is 2.32. The molecule has 10 aromatic rings. The molecular formula is C64H53N3. The van der Waals surface area contributed by atoms with Crippen molar-refractivity contribution in [3.8, 4) is 33.4 Å². The summed E-state index contributed by atoms with van der Waals surface area (Å²) in [7, 11) is 0. The number of benzene rings is 10. The van der Waals surface area contributed by atoms with Gasteiger partial charge in [0.2, 0.25) is 0 Å². The number of nitrogens with zero attached hydrogens (tertiary/aromatic N) is 3. The highest BCUT2D eigenvalue weighted by molar-refractivity contribution is 5.83. The van der Waals surface area contributed by atoms with Gasteiger partial charge in [-0.2, -0.15) is 0 Å². The first-order valence-corrected chi connectivity index (χ1v) is 23.1. The van der Waals surface area contributed by atoms with E-state index in [4.69, 9.17) is 0 Å². The van der Waals surface area contributed by atoms with Crippen molar-refractivity contribution in [3.05, 3.63) is 271 Å². The van der Waals surface area contributed by atoms with E-state index < -0.39 is 0 Å². The molecule has 0 fully saturated rings. The zero-order valence-corrected chi connectivity index (χ0v) is 38.5. The molecule has 3 heteroatoms. The van der Waals surface area contributed by atoms with Crippen LogP contribution >= 0.6 is 0 Å². The molecule has 0 saturated heterocycles. The molecular weight excluding hydrogens is 811 g/mol. The molecule has 0 bridgehead atoms.